The Labute approximate surface area is 120 Å². The number of aromatic nitrogens is 1. The summed E-state index contributed by atoms with van der Waals surface area (Å²) in [5.41, 5.74) is 1.30. The highest BCUT2D eigenvalue weighted by Gasteiger charge is 2.12. The molecule has 2 aromatic rings. The lowest BCUT2D eigenvalue weighted by molar-refractivity contribution is 0.196. The van der Waals surface area contributed by atoms with Crippen molar-refractivity contribution in [1.82, 2.24) is 4.98 Å². The molecule has 0 fully saturated rings. The monoisotopic (exact) mass is 290 g/mol. The minimum Gasteiger partial charge on any atom is -0.389 e. The van der Waals surface area contributed by atoms with E-state index in [0.29, 0.717) is 15.6 Å². The fraction of sp³-hybridized carbons (Fsp3) is 0.143. The second kappa shape index (κ2) is 6.07. The van der Waals surface area contributed by atoms with Gasteiger partial charge < -0.3 is 5.11 Å². The van der Waals surface area contributed by atoms with Crippen LogP contribution < -0.4 is 0 Å². The minimum atomic E-state index is -0.613. The molecule has 5 heteroatoms. The van der Waals surface area contributed by atoms with E-state index in [9.17, 15) is 5.11 Å². The number of aliphatic hydroxyl groups excluding tert-OH is 1. The smallest absolute Gasteiger partial charge is 0.119 e. The summed E-state index contributed by atoms with van der Waals surface area (Å²) in [6.45, 7) is 1.69. The number of halogens is 1. The fourth-order valence-electron chi connectivity index (χ4n) is 1.59. The molecule has 0 amide bonds. The van der Waals surface area contributed by atoms with Crippen molar-refractivity contribution in [1.29, 1.82) is 5.26 Å². The van der Waals surface area contributed by atoms with Crippen LogP contribution in [0, 0.1) is 11.3 Å². The van der Waals surface area contributed by atoms with Crippen LogP contribution in [0.15, 0.2) is 46.5 Å². The zero-order chi connectivity index (χ0) is 13.8. The molecule has 0 radical (unpaired) electrons. The maximum atomic E-state index is 9.77. The third kappa shape index (κ3) is 3.27. The van der Waals surface area contributed by atoms with E-state index in [1.807, 2.05) is 0 Å². The molecule has 3 nitrogen and oxygen atoms in total. The van der Waals surface area contributed by atoms with Gasteiger partial charge in [0.2, 0.25) is 0 Å². The molecule has 0 aliphatic carbocycles. The summed E-state index contributed by atoms with van der Waals surface area (Å²) in [7, 11) is 0. The molecule has 0 bridgehead atoms. The summed E-state index contributed by atoms with van der Waals surface area (Å²) < 4.78 is 0. The summed E-state index contributed by atoms with van der Waals surface area (Å²) >= 11 is 7.41. The number of aliphatic hydroxyl groups is 1. The largest absolute Gasteiger partial charge is 0.389 e. The Morgan fingerprint density at radius 1 is 1.42 bits per heavy atom. The molecule has 0 unspecified atom stereocenters. The van der Waals surface area contributed by atoms with Gasteiger partial charge >= 0.3 is 0 Å². The second-order valence-electron chi connectivity index (χ2n) is 3.93. The molecule has 1 aromatic carbocycles. The van der Waals surface area contributed by atoms with Gasteiger partial charge in [0, 0.05) is 11.1 Å². The Bertz CT molecular complexity index is 638. The molecule has 96 valence electrons. The van der Waals surface area contributed by atoms with Gasteiger partial charge in [-0.3, -0.25) is 0 Å². The van der Waals surface area contributed by atoms with E-state index in [1.54, 1.807) is 43.5 Å². The predicted molar refractivity (Wildman–Crippen MR) is 75.2 cm³/mol. The third-order valence-corrected chi connectivity index (χ3v) is 4.03. The van der Waals surface area contributed by atoms with Crippen molar-refractivity contribution in [3.8, 4) is 6.07 Å². The first-order valence-electron chi connectivity index (χ1n) is 5.62. The molecule has 0 saturated carbocycles. The van der Waals surface area contributed by atoms with Crippen LogP contribution in [0.2, 0.25) is 5.02 Å². The number of pyridine rings is 1. The quantitative estimate of drug-likeness (QED) is 0.934. The first-order valence-corrected chi connectivity index (χ1v) is 6.81. The standard InChI is InChI=1S/C14H11ClN2OS/c1-9(18)11-5-4-10(8-16)7-13(11)19-14-12(15)3-2-6-17-14/h2-7,9,18H,1H3/t9-/m1/s1. The van der Waals surface area contributed by atoms with E-state index in [1.165, 1.54) is 11.8 Å². The highest BCUT2D eigenvalue weighted by atomic mass is 35.5. The first-order chi connectivity index (χ1) is 9.11. The normalized spacial score (nSPS) is 11.9. The van der Waals surface area contributed by atoms with E-state index in [-0.39, 0.29) is 0 Å². The van der Waals surface area contributed by atoms with Gasteiger partial charge in [-0.25, -0.2) is 4.98 Å². The van der Waals surface area contributed by atoms with Gasteiger partial charge in [-0.2, -0.15) is 5.26 Å². The Morgan fingerprint density at radius 3 is 2.84 bits per heavy atom. The lowest BCUT2D eigenvalue weighted by Gasteiger charge is -2.12. The zero-order valence-corrected chi connectivity index (χ0v) is 11.7. The molecule has 2 rings (SSSR count). The van der Waals surface area contributed by atoms with E-state index < -0.39 is 6.10 Å². The van der Waals surface area contributed by atoms with Crippen LogP contribution >= 0.6 is 23.4 Å². The van der Waals surface area contributed by atoms with Crippen molar-refractivity contribution in [3.63, 3.8) is 0 Å². The molecule has 0 aliphatic rings. The summed E-state index contributed by atoms with van der Waals surface area (Å²) in [5.74, 6) is 0. The molecule has 0 aliphatic heterocycles. The number of nitriles is 1. The van der Waals surface area contributed by atoms with E-state index in [0.717, 1.165) is 10.5 Å². The SMILES string of the molecule is C[C@@H](O)c1ccc(C#N)cc1Sc1ncccc1Cl. The van der Waals surface area contributed by atoms with Crippen LogP contribution in [-0.2, 0) is 0 Å². The molecule has 19 heavy (non-hydrogen) atoms. The Morgan fingerprint density at radius 2 is 2.21 bits per heavy atom. The molecule has 0 spiro atoms. The van der Waals surface area contributed by atoms with Gasteiger partial charge in [0.25, 0.3) is 0 Å². The Balaban J connectivity index is 2.44. The summed E-state index contributed by atoms with van der Waals surface area (Å²) in [6.07, 6.45) is 1.04. The average molecular weight is 291 g/mol. The summed E-state index contributed by atoms with van der Waals surface area (Å²) in [5, 5.41) is 19.9. The highest BCUT2D eigenvalue weighted by Crippen LogP contribution is 2.36. The first kappa shape index (κ1) is 13.9. The molecular weight excluding hydrogens is 280 g/mol. The average Bonchev–Trinajstić information content (AvgIpc) is 2.41. The van der Waals surface area contributed by atoms with Gasteiger partial charge in [-0.15, -0.1) is 0 Å². The van der Waals surface area contributed by atoms with Crippen LogP contribution in [0.5, 0.6) is 0 Å². The van der Waals surface area contributed by atoms with E-state index in [4.69, 9.17) is 16.9 Å². The van der Waals surface area contributed by atoms with Crippen molar-refractivity contribution < 1.29 is 5.11 Å². The van der Waals surface area contributed by atoms with Gasteiger partial charge in [-0.1, -0.05) is 29.4 Å². The fourth-order valence-corrected chi connectivity index (χ4v) is 2.85. The van der Waals surface area contributed by atoms with Crippen LogP contribution in [0.3, 0.4) is 0 Å². The van der Waals surface area contributed by atoms with Crippen molar-refractivity contribution in [2.45, 2.75) is 22.9 Å². The lowest BCUT2D eigenvalue weighted by Crippen LogP contribution is -1.95. The Kier molecular flexibility index (Phi) is 4.43. The molecular formula is C14H11ClN2OS. The summed E-state index contributed by atoms with van der Waals surface area (Å²) in [4.78, 5) is 4.98. The molecule has 1 atom stereocenters. The van der Waals surface area contributed by atoms with E-state index >= 15 is 0 Å². The second-order valence-corrected chi connectivity index (χ2v) is 5.37. The van der Waals surface area contributed by atoms with Crippen LogP contribution in [0.25, 0.3) is 0 Å². The predicted octanol–water partition coefficient (Wildman–Crippen LogP) is 3.81. The highest BCUT2D eigenvalue weighted by molar-refractivity contribution is 7.99. The van der Waals surface area contributed by atoms with Crippen LogP contribution in [0.4, 0.5) is 0 Å². The third-order valence-electron chi connectivity index (χ3n) is 2.52. The van der Waals surface area contributed by atoms with Crippen LogP contribution in [0.1, 0.15) is 24.2 Å². The molecule has 1 heterocycles. The van der Waals surface area contributed by atoms with Gasteiger partial charge in [-0.05, 0) is 36.8 Å². The van der Waals surface area contributed by atoms with Gasteiger partial charge in [0.1, 0.15) is 5.03 Å². The van der Waals surface area contributed by atoms with Crippen LogP contribution in [-0.4, -0.2) is 10.1 Å². The number of hydrogen-bond acceptors (Lipinski definition) is 4. The summed E-state index contributed by atoms with van der Waals surface area (Å²) in [6, 6.07) is 10.8. The number of rotatable bonds is 3. The van der Waals surface area contributed by atoms with Crippen molar-refractivity contribution in [3.05, 3.63) is 52.7 Å². The van der Waals surface area contributed by atoms with Crippen molar-refractivity contribution in [2.75, 3.05) is 0 Å². The number of benzene rings is 1. The van der Waals surface area contributed by atoms with Gasteiger partial charge in [0.15, 0.2) is 0 Å². The molecule has 1 aromatic heterocycles. The number of hydrogen-bond donors (Lipinski definition) is 1. The van der Waals surface area contributed by atoms with E-state index in [2.05, 4.69) is 11.1 Å². The number of nitrogens with zero attached hydrogens (tertiary/aromatic N) is 2. The maximum absolute atomic E-state index is 9.77. The molecule has 0 saturated heterocycles. The minimum absolute atomic E-state index is 0.541. The van der Waals surface area contributed by atoms with Crippen molar-refractivity contribution >= 4 is 23.4 Å². The molecule has 1 N–H and O–H groups in total. The Hall–Kier alpha value is -1.54. The zero-order valence-electron chi connectivity index (χ0n) is 10.2. The maximum Gasteiger partial charge on any atom is 0.119 e. The van der Waals surface area contributed by atoms with Crippen molar-refractivity contribution in [2.24, 2.45) is 0 Å². The topological polar surface area (TPSA) is 56.9 Å². The lowest BCUT2D eigenvalue weighted by atomic mass is 10.1. The van der Waals surface area contributed by atoms with Gasteiger partial charge in [0.05, 0.1) is 22.8 Å².